The summed E-state index contributed by atoms with van der Waals surface area (Å²) < 4.78 is 16.8. The van der Waals surface area contributed by atoms with E-state index < -0.39 is 0 Å². The molecule has 0 amide bonds. The van der Waals surface area contributed by atoms with Gasteiger partial charge < -0.3 is 4.57 Å². The number of rotatable bonds is 0. The van der Waals surface area contributed by atoms with Crippen molar-refractivity contribution < 1.29 is 4.39 Å². The van der Waals surface area contributed by atoms with Crippen molar-refractivity contribution in [2.75, 3.05) is 13.1 Å². The summed E-state index contributed by atoms with van der Waals surface area (Å²) in [6.07, 6.45) is 3.48. The summed E-state index contributed by atoms with van der Waals surface area (Å²) in [5.41, 5.74) is 4.45. The summed E-state index contributed by atoms with van der Waals surface area (Å²) in [5.74, 6) is -0.0110. The van der Waals surface area contributed by atoms with Crippen molar-refractivity contribution in [3.8, 4) is 0 Å². The Balaban J connectivity index is 0.000000636. The predicted molar refractivity (Wildman–Crippen MR) is 86.2 cm³/mol. The van der Waals surface area contributed by atoms with E-state index >= 15 is 0 Å². The topological polar surface area (TPSA) is 8.17 Å². The molecule has 0 radical (unpaired) electrons. The Hall–Kier alpha value is -1.35. The third-order valence-corrected chi connectivity index (χ3v) is 4.99. The number of nitrogens with zero attached hydrogens (tertiary/aromatic N) is 2. The van der Waals surface area contributed by atoms with Gasteiger partial charge in [0.2, 0.25) is 0 Å². The summed E-state index contributed by atoms with van der Waals surface area (Å²) in [4.78, 5) is 2.53. The molecule has 1 atom stereocenters. The lowest BCUT2D eigenvalue weighted by Gasteiger charge is -2.30. The summed E-state index contributed by atoms with van der Waals surface area (Å²) in [5, 5.41) is 0.883. The fraction of sp³-hybridized carbons (Fsp3) is 0.556. The van der Waals surface area contributed by atoms with Gasteiger partial charge in [-0.15, -0.1) is 0 Å². The van der Waals surface area contributed by atoms with E-state index in [0.29, 0.717) is 6.04 Å². The average Bonchev–Trinajstić information content (AvgIpc) is 3.08. The van der Waals surface area contributed by atoms with E-state index in [1.807, 2.05) is 26.8 Å². The minimum Gasteiger partial charge on any atom is -0.347 e. The van der Waals surface area contributed by atoms with Crippen LogP contribution in [0.25, 0.3) is 10.9 Å². The fourth-order valence-electron chi connectivity index (χ4n) is 4.01. The zero-order valence-corrected chi connectivity index (χ0v) is 13.5. The predicted octanol–water partition coefficient (Wildman–Crippen LogP) is 4.35. The van der Waals surface area contributed by atoms with Crippen molar-refractivity contribution in [2.45, 2.75) is 46.1 Å². The minimum atomic E-state index is -0.0110. The Morgan fingerprint density at radius 2 is 1.95 bits per heavy atom. The standard InChI is InChI=1S/C16H19FN2.C2H6/c1-10-5-6-11-15(16(10)17)14-12(18(11)2)7-9-19-8-3-4-13(14)19;1-2/h5-6,13H,3-4,7-9H2,1-2H3;1-2H3. The van der Waals surface area contributed by atoms with Crippen molar-refractivity contribution >= 4 is 10.9 Å². The lowest BCUT2D eigenvalue weighted by atomic mass is 9.95. The van der Waals surface area contributed by atoms with Crippen LogP contribution in [0.3, 0.4) is 0 Å². The van der Waals surface area contributed by atoms with Crippen molar-refractivity contribution in [3.63, 3.8) is 0 Å². The van der Waals surface area contributed by atoms with E-state index in [9.17, 15) is 4.39 Å². The number of halogens is 1. The van der Waals surface area contributed by atoms with E-state index in [-0.39, 0.29) is 5.82 Å². The number of hydrogen-bond acceptors (Lipinski definition) is 1. The molecule has 0 N–H and O–H groups in total. The van der Waals surface area contributed by atoms with Crippen LogP contribution in [0.5, 0.6) is 0 Å². The zero-order valence-electron chi connectivity index (χ0n) is 13.5. The lowest BCUT2D eigenvalue weighted by Crippen LogP contribution is -2.31. The zero-order chi connectivity index (χ0) is 15.1. The number of benzene rings is 1. The Morgan fingerprint density at radius 1 is 1.19 bits per heavy atom. The molecule has 3 heterocycles. The minimum absolute atomic E-state index is 0.0110. The van der Waals surface area contributed by atoms with Crippen LogP contribution in [0.15, 0.2) is 12.1 Å². The van der Waals surface area contributed by atoms with Gasteiger partial charge in [0.25, 0.3) is 0 Å². The van der Waals surface area contributed by atoms with E-state index in [0.717, 1.165) is 29.4 Å². The van der Waals surface area contributed by atoms with Crippen LogP contribution in [-0.4, -0.2) is 22.6 Å². The number of fused-ring (bicyclic) bond motifs is 5. The molecule has 1 fully saturated rings. The Morgan fingerprint density at radius 3 is 2.71 bits per heavy atom. The highest BCUT2D eigenvalue weighted by Gasteiger charge is 2.35. The van der Waals surface area contributed by atoms with Gasteiger partial charge in [-0.2, -0.15) is 0 Å². The molecule has 1 aromatic carbocycles. The number of hydrogen-bond donors (Lipinski definition) is 0. The summed E-state index contributed by atoms with van der Waals surface area (Å²) in [6.45, 7) is 8.17. The summed E-state index contributed by atoms with van der Waals surface area (Å²) >= 11 is 0. The molecule has 0 bridgehead atoms. The SMILES string of the molecule is CC.Cc1ccc2c(c1F)c1c(n2C)CCN2CCCC12. The monoisotopic (exact) mass is 288 g/mol. The van der Waals surface area contributed by atoms with E-state index in [2.05, 4.69) is 22.6 Å². The fourth-order valence-corrected chi connectivity index (χ4v) is 4.01. The Labute approximate surface area is 126 Å². The van der Waals surface area contributed by atoms with Crippen LogP contribution in [0, 0.1) is 12.7 Å². The highest BCUT2D eigenvalue weighted by molar-refractivity contribution is 5.87. The second-order valence-corrected chi connectivity index (χ2v) is 5.95. The van der Waals surface area contributed by atoms with Crippen LogP contribution in [0.4, 0.5) is 4.39 Å². The molecular formula is C18H25FN2. The molecule has 114 valence electrons. The van der Waals surface area contributed by atoms with Gasteiger partial charge >= 0.3 is 0 Å². The van der Waals surface area contributed by atoms with Gasteiger partial charge in [0.05, 0.1) is 5.52 Å². The highest BCUT2D eigenvalue weighted by Crippen LogP contribution is 2.43. The lowest BCUT2D eigenvalue weighted by molar-refractivity contribution is 0.242. The van der Waals surface area contributed by atoms with E-state index in [1.165, 1.54) is 30.6 Å². The molecule has 0 aliphatic carbocycles. The third kappa shape index (κ3) is 2.02. The van der Waals surface area contributed by atoms with Crippen LogP contribution in [0.2, 0.25) is 0 Å². The third-order valence-electron chi connectivity index (χ3n) is 4.99. The second kappa shape index (κ2) is 5.45. The first kappa shape index (κ1) is 14.6. The molecule has 4 rings (SSSR count). The molecular weight excluding hydrogens is 263 g/mol. The first-order valence-electron chi connectivity index (χ1n) is 8.19. The van der Waals surface area contributed by atoms with Gasteiger partial charge in [-0.3, -0.25) is 4.90 Å². The Bertz CT molecular complexity index is 672. The summed E-state index contributed by atoms with van der Waals surface area (Å²) in [7, 11) is 2.08. The van der Waals surface area contributed by atoms with Crippen molar-refractivity contribution in [1.29, 1.82) is 0 Å². The molecule has 2 aromatic rings. The van der Waals surface area contributed by atoms with E-state index in [1.54, 1.807) is 0 Å². The van der Waals surface area contributed by atoms with Gasteiger partial charge in [-0.05, 0) is 37.9 Å². The molecule has 0 spiro atoms. The molecule has 0 saturated carbocycles. The van der Waals surface area contributed by atoms with Gasteiger partial charge in [0, 0.05) is 42.7 Å². The molecule has 2 aliphatic heterocycles. The molecule has 3 heteroatoms. The maximum Gasteiger partial charge on any atom is 0.135 e. The van der Waals surface area contributed by atoms with Gasteiger partial charge in [-0.1, -0.05) is 19.9 Å². The van der Waals surface area contributed by atoms with Crippen molar-refractivity contribution in [3.05, 3.63) is 34.8 Å². The molecule has 1 aromatic heterocycles. The Kier molecular flexibility index (Phi) is 3.78. The van der Waals surface area contributed by atoms with Gasteiger partial charge in [-0.25, -0.2) is 4.39 Å². The molecule has 21 heavy (non-hydrogen) atoms. The molecule has 2 nitrogen and oxygen atoms in total. The normalized spacial score (nSPS) is 20.9. The number of aryl methyl sites for hydroxylation is 2. The van der Waals surface area contributed by atoms with Crippen molar-refractivity contribution in [1.82, 2.24) is 9.47 Å². The largest absolute Gasteiger partial charge is 0.347 e. The molecule has 2 aliphatic rings. The quantitative estimate of drug-likeness (QED) is 0.700. The van der Waals surface area contributed by atoms with Crippen molar-refractivity contribution in [2.24, 2.45) is 7.05 Å². The van der Waals surface area contributed by atoms with Crippen LogP contribution in [0.1, 0.15) is 49.6 Å². The first-order chi connectivity index (χ1) is 10.2. The summed E-state index contributed by atoms with van der Waals surface area (Å²) in [6, 6.07) is 4.42. The highest BCUT2D eigenvalue weighted by atomic mass is 19.1. The van der Waals surface area contributed by atoms with Crippen LogP contribution < -0.4 is 0 Å². The van der Waals surface area contributed by atoms with E-state index in [4.69, 9.17) is 0 Å². The van der Waals surface area contributed by atoms with Gasteiger partial charge in [0.1, 0.15) is 5.82 Å². The smallest absolute Gasteiger partial charge is 0.135 e. The molecule has 1 saturated heterocycles. The van der Waals surface area contributed by atoms with Crippen LogP contribution in [-0.2, 0) is 13.5 Å². The molecule has 1 unspecified atom stereocenters. The second-order valence-electron chi connectivity index (χ2n) is 5.95. The maximum atomic E-state index is 14.6. The van der Waals surface area contributed by atoms with Crippen LogP contribution >= 0.6 is 0 Å². The maximum absolute atomic E-state index is 14.6. The first-order valence-corrected chi connectivity index (χ1v) is 8.19. The number of aromatic nitrogens is 1. The average molecular weight is 288 g/mol. The van der Waals surface area contributed by atoms with Gasteiger partial charge in [0.15, 0.2) is 0 Å².